The molecule has 0 bridgehead atoms. The number of benzene rings is 2. The van der Waals surface area contributed by atoms with Crippen molar-refractivity contribution in [1.29, 1.82) is 0 Å². The number of aliphatic hydroxyl groups is 1. The molecule has 0 aromatic heterocycles. The molecule has 0 fully saturated rings. The number of hydrogen-bond donors (Lipinski definition) is 2. The third kappa shape index (κ3) is 4.21. The smallest absolute Gasteiger partial charge is 0.251 e. The third-order valence-electron chi connectivity index (χ3n) is 3.11. The van der Waals surface area contributed by atoms with Crippen molar-refractivity contribution in [3.8, 4) is 0 Å². The summed E-state index contributed by atoms with van der Waals surface area (Å²) in [6.07, 6.45) is 0. The largest absolute Gasteiger partial charge is 0.384 e. The van der Waals surface area contributed by atoms with Gasteiger partial charge >= 0.3 is 0 Å². The topological polar surface area (TPSA) is 49.3 Å². The van der Waals surface area contributed by atoms with Gasteiger partial charge in [0.1, 0.15) is 5.60 Å². The van der Waals surface area contributed by atoms with Crippen LogP contribution in [0.2, 0.25) is 10.0 Å². The maximum Gasteiger partial charge on any atom is 0.251 e. The van der Waals surface area contributed by atoms with Crippen molar-refractivity contribution in [2.75, 3.05) is 6.54 Å². The minimum atomic E-state index is -1.15. The molecule has 110 valence electrons. The maximum absolute atomic E-state index is 12.1. The molecule has 0 saturated carbocycles. The lowest BCUT2D eigenvalue weighted by molar-refractivity contribution is 0.0526. The van der Waals surface area contributed by atoms with Crippen molar-refractivity contribution >= 4 is 29.1 Å². The number of amides is 1. The highest BCUT2D eigenvalue weighted by Gasteiger charge is 2.23. The summed E-state index contributed by atoms with van der Waals surface area (Å²) in [5, 5.41) is 13.9. The fourth-order valence-corrected chi connectivity index (χ4v) is 2.46. The lowest BCUT2D eigenvalue weighted by Gasteiger charge is -2.24. The van der Waals surface area contributed by atoms with Gasteiger partial charge in [-0.3, -0.25) is 4.79 Å². The first-order valence-corrected chi connectivity index (χ1v) is 7.16. The second-order valence-electron chi connectivity index (χ2n) is 4.98. The maximum atomic E-state index is 12.1. The monoisotopic (exact) mass is 323 g/mol. The molecule has 0 aliphatic carbocycles. The molecule has 1 amide bonds. The Kier molecular flexibility index (Phi) is 4.88. The zero-order valence-electron chi connectivity index (χ0n) is 11.4. The number of carbonyl (C=O) groups excluding carboxylic acids is 1. The molecule has 2 N–H and O–H groups in total. The highest BCUT2D eigenvalue weighted by molar-refractivity contribution is 6.35. The third-order valence-corrected chi connectivity index (χ3v) is 3.55. The van der Waals surface area contributed by atoms with Crippen LogP contribution in [0.5, 0.6) is 0 Å². The molecule has 1 atom stereocenters. The molecule has 0 spiro atoms. The van der Waals surface area contributed by atoms with Gasteiger partial charge in [-0.1, -0.05) is 53.5 Å². The first-order chi connectivity index (χ1) is 9.88. The molecule has 2 rings (SSSR count). The van der Waals surface area contributed by atoms with Gasteiger partial charge in [-0.05, 0) is 30.7 Å². The summed E-state index contributed by atoms with van der Waals surface area (Å²) < 4.78 is 0. The van der Waals surface area contributed by atoms with Crippen LogP contribution in [0, 0.1) is 0 Å². The number of carbonyl (C=O) groups is 1. The van der Waals surface area contributed by atoms with Crippen LogP contribution >= 0.6 is 23.2 Å². The van der Waals surface area contributed by atoms with Crippen LogP contribution in [0.1, 0.15) is 22.8 Å². The number of hydrogen-bond acceptors (Lipinski definition) is 2. The highest BCUT2D eigenvalue weighted by Crippen LogP contribution is 2.21. The van der Waals surface area contributed by atoms with Gasteiger partial charge in [0.25, 0.3) is 5.91 Å². The Morgan fingerprint density at radius 3 is 2.29 bits per heavy atom. The molecule has 0 aliphatic rings. The Morgan fingerprint density at radius 1 is 1.14 bits per heavy atom. The van der Waals surface area contributed by atoms with Crippen molar-refractivity contribution in [3.05, 3.63) is 69.7 Å². The van der Waals surface area contributed by atoms with E-state index in [1.54, 1.807) is 13.0 Å². The number of rotatable bonds is 4. The van der Waals surface area contributed by atoms with E-state index in [4.69, 9.17) is 23.2 Å². The highest BCUT2D eigenvalue weighted by atomic mass is 35.5. The van der Waals surface area contributed by atoms with Crippen LogP contribution in [0.15, 0.2) is 48.5 Å². The van der Waals surface area contributed by atoms with Crippen molar-refractivity contribution in [1.82, 2.24) is 5.32 Å². The SMILES string of the molecule is CC(O)(CNC(=O)c1cc(Cl)cc(Cl)c1)c1ccccc1. The summed E-state index contributed by atoms with van der Waals surface area (Å²) >= 11 is 11.7. The average Bonchev–Trinajstić information content (AvgIpc) is 2.45. The summed E-state index contributed by atoms with van der Waals surface area (Å²) in [4.78, 5) is 12.1. The lowest BCUT2D eigenvalue weighted by Crippen LogP contribution is -2.38. The van der Waals surface area contributed by atoms with Crippen molar-refractivity contribution in [2.24, 2.45) is 0 Å². The van der Waals surface area contributed by atoms with Crippen molar-refractivity contribution in [2.45, 2.75) is 12.5 Å². The lowest BCUT2D eigenvalue weighted by atomic mass is 9.96. The molecule has 0 heterocycles. The second-order valence-corrected chi connectivity index (χ2v) is 5.85. The number of halogens is 2. The van der Waals surface area contributed by atoms with E-state index in [9.17, 15) is 9.90 Å². The molecule has 3 nitrogen and oxygen atoms in total. The van der Waals surface area contributed by atoms with E-state index >= 15 is 0 Å². The van der Waals surface area contributed by atoms with Crippen molar-refractivity contribution in [3.63, 3.8) is 0 Å². The Bertz CT molecular complexity index is 622. The molecule has 21 heavy (non-hydrogen) atoms. The molecule has 0 aliphatic heterocycles. The Labute approximate surface area is 133 Å². The number of nitrogens with one attached hydrogen (secondary N) is 1. The first kappa shape index (κ1) is 15.8. The van der Waals surface area contributed by atoms with Crippen LogP contribution in [0.3, 0.4) is 0 Å². The quantitative estimate of drug-likeness (QED) is 0.902. The van der Waals surface area contributed by atoms with E-state index in [-0.39, 0.29) is 12.5 Å². The fourth-order valence-electron chi connectivity index (χ4n) is 1.94. The van der Waals surface area contributed by atoms with Crippen LogP contribution in [0.4, 0.5) is 0 Å². The Balaban J connectivity index is 2.07. The summed E-state index contributed by atoms with van der Waals surface area (Å²) in [7, 11) is 0. The predicted molar refractivity (Wildman–Crippen MR) is 84.8 cm³/mol. The minimum Gasteiger partial charge on any atom is -0.384 e. The predicted octanol–water partition coefficient (Wildman–Crippen LogP) is 3.63. The Morgan fingerprint density at radius 2 is 1.71 bits per heavy atom. The first-order valence-electron chi connectivity index (χ1n) is 6.41. The molecule has 2 aromatic carbocycles. The summed E-state index contributed by atoms with van der Waals surface area (Å²) in [5.74, 6) is -0.337. The van der Waals surface area contributed by atoms with Crippen LogP contribution in [-0.2, 0) is 5.60 Å². The molecule has 5 heteroatoms. The fraction of sp³-hybridized carbons (Fsp3) is 0.188. The molecule has 0 saturated heterocycles. The molecular formula is C16H15Cl2NO2. The van der Waals surface area contributed by atoms with Gasteiger partial charge in [0.15, 0.2) is 0 Å². The standard InChI is InChI=1S/C16H15Cl2NO2/c1-16(21,12-5-3-2-4-6-12)10-19-15(20)11-7-13(17)9-14(18)8-11/h2-9,21H,10H2,1H3,(H,19,20). The van der Waals surface area contributed by atoms with Gasteiger partial charge in [0, 0.05) is 15.6 Å². The van der Waals surface area contributed by atoms with Gasteiger partial charge in [0.2, 0.25) is 0 Å². The molecule has 1 unspecified atom stereocenters. The van der Waals surface area contributed by atoms with Crippen LogP contribution in [0.25, 0.3) is 0 Å². The van der Waals surface area contributed by atoms with E-state index in [0.717, 1.165) is 5.56 Å². The van der Waals surface area contributed by atoms with Crippen molar-refractivity contribution < 1.29 is 9.90 Å². The van der Waals surface area contributed by atoms with Gasteiger partial charge in [0.05, 0.1) is 6.54 Å². The minimum absolute atomic E-state index is 0.0833. The van der Waals surface area contributed by atoms with Gasteiger partial charge in [-0.2, -0.15) is 0 Å². The van der Waals surface area contributed by atoms with E-state index in [1.807, 2.05) is 30.3 Å². The Hall–Kier alpha value is -1.55. The van der Waals surface area contributed by atoms with E-state index in [0.29, 0.717) is 15.6 Å². The van der Waals surface area contributed by atoms with Gasteiger partial charge < -0.3 is 10.4 Å². The average molecular weight is 324 g/mol. The van der Waals surface area contributed by atoms with Crippen LogP contribution in [-0.4, -0.2) is 17.6 Å². The normalized spacial score (nSPS) is 13.5. The molecule has 2 aromatic rings. The summed E-state index contributed by atoms with van der Waals surface area (Å²) in [5.41, 5.74) is -0.0648. The molecular weight excluding hydrogens is 309 g/mol. The van der Waals surface area contributed by atoms with E-state index < -0.39 is 5.60 Å². The van der Waals surface area contributed by atoms with Crippen LogP contribution < -0.4 is 5.32 Å². The van der Waals surface area contributed by atoms with E-state index in [2.05, 4.69) is 5.32 Å². The zero-order chi connectivity index (χ0) is 15.5. The molecule has 0 radical (unpaired) electrons. The zero-order valence-corrected chi connectivity index (χ0v) is 12.9. The van der Waals surface area contributed by atoms with Gasteiger partial charge in [-0.15, -0.1) is 0 Å². The summed E-state index contributed by atoms with van der Waals surface area (Å²) in [6.45, 7) is 1.73. The van der Waals surface area contributed by atoms with Gasteiger partial charge in [-0.25, -0.2) is 0 Å². The second kappa shape index (κ2) is 6.48. The van der Waals surface area contributed by atoms with E-state index in [1.165, 1.54) is 12.1 Å². The summed E-state index contributed by atoms with van der Waals surface area (Å²) in [6, 6.07) is 13.8.